The molecule has 0 aromatic heterocycles. The lowest BCUT2D eigenvalue weighted by atomic mass is 9.92. The minimum absolute atomic E-state index is 0.0757. The maximum absolute atomic E-state index is 9.83. The number of nitrogens with zero attached hydrogens (tertiary/aromatic N) is 1. The second kappa shape index (κ2) is 4.92. The highest BCUT2D eigenvalue weighted by atomic mass is 16.3. The van der Waals surface area contributed by atoms with Crippen LogP contribution < -0.4 is 5.73 Å². The van der Waals surface area contributed by atoms with E-state index in [0.29, 0.717) is 11.1 Å². The van der Waals surface area contributed by atoms with Crippen molar-refractivity contribution in [3.8, 4) is 6.07 Å². The van der Waals surface area contributed by atoms with Crippen molar-refractivity contribution in [1.82, 2.24) is 0 Å². The molecule has 0 heterocycles. The average molecular weight is 204 g/mol. The predicted molar refractivity (Wildman–Crippen MR) is 58.9 cm³/mol. The molecule has 0 amide bonds. The Morgan fingerprint density at radius 2 is 1.93 bits per heavy atom. The molecule has 15 heavy (non-hydrogen) atoms. The van der Waals surface area contributed by atoms with Crippen molar-refractivity contribution < 1.29 is 5.11 Å². The van der Waals surface area contributed by atoms with Gasteiger partial charge in [-0.05, 0) is 17.5 Å². The van der Waals surface area contributed by atoms with Gasteiger partial charge in [-0.1, -0.05) is 32.0 Å². The fourth-order valence-electron chi connectivity index (χ4n) is 1.49. The highest BCUT2D eigenvalue weighted by Crippen LogP contribution is 2.22. The quantitative estimate of drug-likeness (QED) is 0.785. The molecule has 0 aliphatic carbocycles. The molecule has 3 nitrogen and oxygen atoms in total. The second-order valence-corrected chi connectivity index (χ2v) is 3.96. The molecule has 80 valence electrons. The van der Waals surface area contributed by atoms with Crippen LogP contribution in [0.25, 0.3) is 0 Å². The lowest BCUT2D eigenvalue weighted by Gasteiger charge is -2.23. The predicted octanol–water partition coefficient (Wildman–Crippen LogP) is 1.57. The van der Waals surface area contributed by atoms with E-state index in [1.165, 1.54) is 0 Å². The first-order chi connectivity index (χ1) is 7.07. The number of aliphatic hydroxyl groups is 1. The van der Waals surface area contributed by atoms with Gasteiger partial charge in [0.2, 0.25) is 0 Å². The second-order valence-electron chi connectivity index (χ2n) is 3.96. The number of nitrogens with two attached hydrogens (primary N) is 1. The van der Waals surface area contributed by atoms with Gasteiger partial charge in [-0.25, -0.2) is 0 Å². The third kappa shape index (κ3) is 2.56. The summed E-state index contributed by atoms with van der Waals surface area (Å²) in [6.07, 6.45) is -0.625. The summed E-state index contributed by atoms with van der Waals surface area (Å²) >= 11 is 0. The summed E-state index contributed by atoms with van der Waals surface area (Å²) < 4.78 is 0. The summed E-state index contributed by atoms with van der Waals surface area (Å²) in [5.74, 6) is 0.0757. The van der Waals surface area contributed by atoms with E-state index in [0.717, 1.165) is 0 Å². The van der Waals surface area contributed by atoms with Gasteiger partial charge >= 0.3 is 0 Å². The Morgan fingerprint density at radius 3 is 2.47 bits per heavy atom. The largest absolute Gasteiger partial charge is 0.391 e. The molecule has 1 rings (SSSR count). The van der Waals surface area contributed by atoms with Gasteiger partial charge in [-0.3, -0.25) is 0 Å². The van der Waals surface area contributed by atoms with E-state index in [1.54, 1.807) is 18.2 Å². The number of rotatable bonds is 3. The molecule has 0 spiro atoms. The Hall–Kier alpha value is -1.37. The van der Waals surface area contributed by atoms with Crippen molar-refractivity contribution in [3.05, 3.63) is 35.4 Å². The summed E-state index contributed by atoms with van der Waals surface area (Å²) in [6.45, 7) is 3.80. The van der Waals surface area contributed by atoms with Gasteiger partial charge in [0.05, 0.1) is 23.8 Å². The highest BCUT2D eigenvalue weighted by Gasteiger charge is 2.21. The first-order valence-corrected chi connectivity index (χ1v) is 5.00. The zero-order valence-electron chi connectivity index (χ0n) is 9.01. The van der Waals surface area contributed by atoms with E-state index in [1.807, 2.05) is 19.9 Å². The Balaban J connectivity index is 3.01. The molecule has 3 N–H and O–H groups in total. The maximum Gasteiger partial charge on any atom is 0.0995 e. The van der Waals surface area contributed by atoms with Crippen LogP contribution in [0.4, 0.5) is 0 Å². The topological polar surface area (TPSA) is 70.0 Å². The molecule has 1 aromatic rings. The zero-order chi connectivity index (χ0) is 11.4. The average Bonchev–Trinajstić information content (AvgIpc) is 2.26. The Bertz CT molecular complexity index is 368. The molecular formula is C12H16N2O. The molecule has 0 saturated heterocycles. The third-order valence-electron chi connectivity index (χ3n) is 2.49. The summed E-state index contributed by atoms with van der Waals surface area (Å²) in [7, 11) is 0. The van der Waals surface area contributed by atoms with E-state index in [-0.39, 0.29) is 5.92 Å². The van der Waals surface area contributed by atoms with Crippen LogP contribution in [0, 0.1) is 17.2 Å². The van der Waals surface area contributed by atoms with Gasteiger partial charge < -0.3 is 10.8 Å². The SMILES string of the molecule is CC(C)[C@@H](O)[C@@H](N)c1ccccc1C#N. The molecule has 3 heteroatoms. The van der Waals surface area contributed by atoms with Crippen molar-refractivity contribution in [1.29, 1.82) is 5.26 Å². The van der Waals surface area contributed by atoms with Gasteiger partial charge in [-0.2, -0.15) is 5.26 Å². The van der Waals surface area contributed by atoms with Crippen LogP contribution in [0.3, 0.4) is 0 Å². The summed E-state index contributed by atoms with van der Waals surface area (Å²) in [4.78, 5) is 0. The standard InChI is InChI=1S/C12H16N2O/c1-8(2)12(15)11(14)10-6-4-3-5-9(10)7-13/h3-6,8,11-12,15H,14H2,1-2H3/t11-,12+/m0/s1. The summed E-state index contributed by atoms with van der Waals surface area (Å²) in [5.41, 5.74) is 7.16. The van der Waals surface area contributed by atoms with Crippen molar-refractivity contribution in [2.75, 3.05) is 0 Å². The van der Waals surface area contributed by atoms with Crippen LogP contribution in [0.2, 0.25) is 0 Å². The van der Waals surface area contributed by atoms with Crippen LogP contribution >= 0.6 is 0 Å². The molecule has 1 aromatic carbocycles. The van der Waals surface area contributed by atoms with E-state index >= 15 is 0 Å². The number of hydrogen-bond donors (Lipinski definition) is 2. The molecule has 0 aliphatic heterocycles. The van der Waals surface area contributed by atoms with Crippen LogP contribution in [0.15, 0.2) is 24.3 Å². The monoisotopic (exact) mass is 204 g/mol. The molecule has 0 fully saturated rings. The lowest BCUT2D eigenvalue weighted by molar-refractivity contribution is 0.0978. The van der Waals surface area contributed by atoms with Crippen molar-refractivity contribution in [2.24, 2.45) is 11.7 Å². The normalized spacial score (nSPS) is 14.7. The van der Waals surface area contributed by atoms with E-state index < -0.39 is 12.1 Å². The number of nitriles is 1. The van der Waals surface area contributed by atoms with E-state index in [4.69, 9.17) is 11.0 Å². The first-order valence-electron chi connectivity index (χ1n) is 5.00. The van der Waals surface area contributed by atoms with Gasteiger partial charge in [0.15, 0.2) is 0 Å². The van der Waals surface area contributed by atoms with Gasteiger partial charge in [-0.15, -0.1) is 0 Å². The van der Waals surface area contributed by atoms with Gasteiger partial charge in [0.25, 0.3) is 0 Å². The number of hydrogen-bond acceptors (Lipinski definition) is 3. The minimum Gasteiger partial charge on any atom is -0.391 e. The number of aliphatic hydroxyl groups excluding tert-OH is 1. The smallest absolute Gasteiger partial charge is 0.0995 e. The summed E-state index contributed by atoms with van der Waals surface area (Å²) in [5, 5.41) is 18.7. The Morgan fingerprint density at radius 1 is 1.33 bits per heavy atom. The van der Waals surface area contributed by atoms with E-state index in [9.17, 15) is 5.11 Å². The minimum atomic E-state index is -0.625. The molecular weight excluding hydrogens is 188 g/mol. The molecule has 0 unspecified atom stereocenters. The van der Waals surface area contributed by atoms with Crippen molar-refractivity contribution in [3.63, 3.8) is 0 Å². The fraction of sp³-hybridized carbons (Fsp3) is 0.417. The van der Waals surface area contributed by atoms with Crippen LogP contribution in [-0.2, 0) is 0 Å². The zero-order valence-corrected chi connectivity index (χ0v) is 9.01. The molecule has 0 saturated carbocycles. The Kier molecular flexibility index (Phi) is 3.84. The summed E-state index contributed by atoms with van der Waals surface area (Å²) in [6, 6.07) is 8.69. The molecule has 0 bridgehead atoms. The van der Waals surface area contributed by atoms with Crippen molar-refractivity contribution >= 4 is 0 Å². The maximum atomic E-state index is 9.83. The first kappa shape index (κ1) is 11.7. The highest BCUT2D eigenvalue weighted by molar-refractivity contribution is 5.39. The van der Waals surface area contributed by atoms with Crippen molar-refractivity contribution in [2.45, 2.75) is 26.0 Å². The molecule has 0 radical (unpaired) electrons. The van der Waals surface area contributed by atoms with Crippen LogP contribution in [-0.4, -0.2) is 11.2 Å². The van der Waals surface area contributed by atoms with Gasteiger partial charge in [0.1, 0.15) is 0 Å². The Labute approximate surface area is 90.1 Å². The third-order valence-corrected chi connectivity index (χ3v) is 2.49. The van der Waals surface area contributed by atoms with Crippen LogP contribution in [0.5, 0.6) is 0 Å². The van der Waals surface area contributed by atoms with E-state index in [2.05, 4.69) is 6.07 Å². The van der Waals surface area contributed by atoms with Crippen LogP contribution in [0.1, 0.15) is 31.0 Å². The number of benzene rings is 1. The molecule has 0 aliphatic rings. The lowest BCUT2D eigenvalue weighted by Crippen LogP contribution is -2.31. The van der Waals surface area contributed by atoms with Gasteiger partial charge in [0, 0.05) is 0 Å². The fourth-order valence-corrected chi connectivity index (χ4v) is 1.49. The molecule has 2 atom stereocenters.